The van der Waals surface area contributed by atoms with Crippen LogP contribution in [0.3, 0.4) is 0 Å². The molecule has 2 rings (SSSR count). The Hall–Kier alpha value is -1.56. The fourth-order valence-electron chi connectivity index (χ4n) is 2.32. The lowest BCUT2D eigenvalue weighted by Crippen LogP contribution is -2.61. The maximum atomic E-state index is 12.0. The van der Waals surface area contributed by atoms with E-state index in [-0.39, 0.29) is 5.92 Å². The summed E-state index contributed by atoms with van der Waals surface area (Å²) in [7, 11) is 0. The molecule has 1 N–H and O–H groups in total. The molecule has 1 fully saturated rings. The van der Waals surface area contributed by atoms with Crippen molar-refractivity contribution in [1.29, 1.82) is 0 Å². The summed E-state index contributed by atoms with van der Waals surface area (Å²) in [6, 6.07) is 6.60. The van der Waals surface area contributed by atoms with E-state index in [4.69, 9.17) is 4.74 Å². The van der Waals surface area contributed by atoms with E-state index in [9.17, 15) is 14.7 Å². The van der Waals surface area contributed by atoms with Gasteiger partial charge in [-0.3, -0.25) is 4.90 Å². The zero-order valence-corrected chi connectivity index (χ0v) is 13.8. The molecule has 1 aromatic carbocycles. The molecule has 21 heavy (non-hydrogen) atoms. The maximum Gasteiger partial charge on any atom is 0.411 e. The van der Waals surface area contributed by atoms with Gasteiger partial charge in [0.1, 0.15) is 11.6 Å². The minimum absolute atomic E-state index is 0.205. The summed E-state index contributed by atoms with van der Waals surface area (Å²) in [4.78, 5) is 24.7. The van der Waals surface area contributed by atoms with E-state index >= 15 is 0 Å². The molecule has 0 bridgehead atoms. The van der Waals surface area contributed by atoms with Gasteiger partial charge in [-0.15, -0.1) is 0 Å². The van der Waals surface area contributed by atoms with Gasteiger partial charge in [-0.05, 0) is 38.5 Å². The number of ether oxygens (including phenoxy) is 1. The van der Waals surface area contributed by atoms with E-state index in [1.54, 1.807) is 20.8 Å². The summed E-state index contributed by atoms with van der Waals surface area (Å²) in [5.74, 6) is -1.22. The van der Waals surface area contributed by atoms with Crippen LogP contribution in [-0.2, 0) is 9.53 Å². The number of aliphatic carboxylic acids is 1. The normalized spacial score (nSPS) is 21.6. The molecule has 1 heterocycles. The van der Waals surface area contributed by atoms with Crippen LogP contribution in [0, 0.1) is 0 Å². The lowest BCUT2D eigenvalue weighted by atomic mass is 9.83. The van der Waals surface area contributed by atoms with E-state index in [2.05, 4.69) is 15.9 Å². The number of carbonyl (C=O) groups is 2. The van der Waals surface area contributed by atoms with Gasteiger partial charge in [-0.1, -0.05) is 28.1 Å². The van der Waals surface area contributed by atoms with Crippen LogP contribution in [0.2, 0.25) is 0 Å². The number of benzene rings is 1. The molecule has 0 unspecified atom stereocenters. The first-order valence-corrected chi connectivity index (χ1v) is 7.46. The van der Waals surface area contributed by atoms with Crippen molar-refractivity contribution in [3.8, 4) is 0 Å². The lowest BCUT2D eigenvalue weighted by Gasteiger charge is -2.45. The zero-order valence-electron chi connectivity index (χ0n) is 12.2. The fraction of sp³-hybridized carbons (Fsp3) is 0.467. The van der Waals surface area contributed by atoms with E-state index < -0.39 is 23.7 Å². The summed E-state index contributed by atoms with van der Waals surface area (Å²) >= 11 is 3.35. The minimum Gasteiger partial charge on any atom is -0.480 e. The van der Waals surface area contributed by atoms with Crippen molar-refractivity contribution in [2.75, 3.05) is 6.54 Å². The number of carboxylic acid groups (broad SMARTS) is 1. The molecule has 0 saturated carbocycles. The standard InChI is InChI=1S/C15H18BrNO4/c1-15(2,3)21-14(20)17-8-11(12(17)13(18)19)9-4-6-10(16)7-5-9/h4-7,11-12H,8H2,1-3H3,(H,18,19)/t11-,12-/m1/s1. The highest BCUT2D eigenvalue weighted by molar-refractivity contribution is 9.10. The van der Waals surface area contributed by atoms with Crippen LogP contribution in [0.4, 0.5) is 4.79 Å². The van der Waals surface area contributed by atoms with E-state index in [1.165, 1.54) is 4.90 Å². The fourth-order valence-corrected chi connectivity index (χ4v) is 2.58. The number of carboxylic acids is 1. The molecular formula is C15H18BrNO4. The van der Waals surface area contributed by atoms with Gasteiger partial charge < -0.3 is 9.84 Å². The van der Waals surface area contributed by atoms with Crippen LogP contribution in [0.5, 0.6) is 0 Å². The highest BCUT2D eigenvalue weighted by atomic mass is 79.9. The number of likely N-dealkylation sites (tertiary alicyclic amines) is 1. The van der Waals surface area contributed by atoms with Gasteiger partial charge in [0, 0.05) is 16.9 Å². The molecule has 1 aliphatic heterocycles. The second kappa shape index (κ2) is 5.67. The Bertz CT molecular complexity index is 550. The third-order valence-corrected chi connectivity index (χ3v) is 3.82. The van der Waals surface area contributed by atoms with E-state index in [0.29, 0.717) is 6.54 Å². The van der Waals surface area contributed by atoms with Gasteiger partial charge in [0.15, 0.2) is 0 Å². The molecule has 0 aliphatic carbocycles. The van der Waals surface area contributed by atoms with Gasteiger partial charge in [-0.2, -0.15) is 0 Å². The van der Waals surface area contributed by atoms with Crippen molar-refractivity contribution in [3.63, 3.8) is 0 Å². The monoisotopic (exact) mass is 355 g/mol. The van der Waals surface area contributed by atoms with Gasteiger partial charge in [0.2, 0.25) is 0 Å². The summed E-state index contributed by atoms with van der Waals surface area (Å²) in [5.41, 5.74) is 0.272. The van der Waals surface area contributed by atoms with Crippen molar-refractivity contribution in [2.45, 2.75) is 38.3 Å². The Morgan fingerprint density at radius 1 is 1.29 bits per heavy atom. The summed E-state index contributed by atoms with van der Waals surface area (Å²) in [6.45, 7) is 5.62. The van der Waals surface area contributed by atoms with Gasteiger partial charge >= 0.3 is 12.1 Å². The summed E-state index contributed by atoms with van der Waals surface area (Å²) in [5, 5.41) is 9.38. The Balaban J connectivity index is 2.13. The van der Waals surface area contributed by atoms with Crippen molar-refractivity contribution < 1.29 is 19.4 Å². The minimum atomic E-state index is -1.01. The average Bonchev–Trinajstić information content (AvgIpc) is 2.27. The predicted octanol–water partition coefficient (Wildman–Crippen LogP) is 3.24. The molecule has 2 atom stereocenters. The second-order valence-electron chi connectivity index (χ2n) is 6.07. The quantitative estimate of drug-likeness (QED) is 0.884. The van der Waals surface area contributed by atoms with Crippen molar-refractivity contribution >= 4 is 28.0 Å². The molecule has 1 saturated heterocycles. The van der Waals surface area contributed by atoms with Crippen LogP contribution in [0.15, 0.2) is 28.7 Å². The van der Waals surface area contributed by atoms with E-state index in [1.807, 2.05) is 24.3 Å². The zero-order chi connectivity index (χ0) is 15.8. The van der Waals surface area contributed by atoms with E-state index in [0.717, 1.165) is 10.0 Å². The first-order valence-electron chi connectivity index (χ1n) is 6.67. The molecule has 0 aromatic heterocycles. The smallest absolute Gasteiger partial charge is 0.411 e. The Kier molecular flexibility index (Phi) is 4.27. The molecule has 0 spiro atoms. The van der Waals surface area contributed by atoms with Crippen molar-refractivity contribution in [3.05, 3.63) is 34.3 Å². The number of hydrogen-bond acceptors (Lipinski definition) is 3. The summed E-state index contributed by atoms with van der Waals surface area (Å²) < 4.78 is 6.17. The SMILES string of the molecule is CC(C)(C)OC(=O)N1C[C@H](c2ccc(Br)cc2)[C@@H]1C(=O)O. The molecular weight excluding hydrogens is 338 g/mol. The first-order chi connectivity index (χ1) is 9.69. The lowest BCUT2D eigenvalue weighted by molar-refractivity contribution is -0.149. The average molecular weight is 356 g/mol. The Morgan fingerprint density at radius 3 is 2.33 bits per heavy atom. The van der Waals surface area contributed by atoms with Gasteiger partial charge in [0.25, 0.3) is 0 Å². The number of rotatable bonds is 2. The maximum absolute atomic E-state index is 12.0. The third-order valence-electron chi connectivity index (χ3n) is 3.29. The molecule has 1 aliphatic rings. The van der Waals surface area contributed by atoms with Crippen LogP contribution in [0.25, 0.3) is 0 Å². The largest absolute Gasteiger partial charge is 0.480 e. The molecule has 1 amide bonds. The summed E-state index contributed by atoms with van der Waals surface area (Å²) in [6.07, 6.45) is -0.580. The topological polar surface area (TPSA) is 66.8 Å². The van der Waals surface area contributed by atoms with Crippen LogP contribution in [0.1, 0.15) is 32.3 Å². The van der Waals surface area contributed by atoms with Crippen LogP contribution in [-0.4, -0.2) is 40.3 Å². The van der Waals surface area contributed by atoms with Crippen molar-refractivity contribution in [2.24, 2.45) is 0 Å². The third kappa shape index (κ3) is 3.56. The number of nitrogens with zero attached hydrogens (tertiary/aromatic N) is 1. The Labute approximate surface area is 132 Å². The number of amides is 1. The van der Waals surface area contributed by atoms with Crippen molar-refractivity contribution in [1.82, 2.24) is 4.90 Å². The van der Waals surface area contributed by atoms with Gasteiger partial charge in [-0.25, -0.2) is 9.59 Å². The molecule has 114 valence electrons. The Morgan fingerprint density at radius 2 is 1.86 bits per heavy atom. The predicted molar refractivity (Wildman–Crippen MR) is 81.2 cm³/mol. The second-order valence-corrected chi connectivity index (χ2v) is 6.99. The number of hydrogen-bond donors (Lipinski definition) is 1. The molecule has 0 radical (unpaired) electrons. The molecule has 1 aromatic rings. The van der Waals surface area contributed by atoms with Crippen LogP contribution >= 0.6 is 15.9 Å². The highest BCUT2D eigenvalue weighted by Crippen LogP contribution is 2.36. The number of carbonyl (C=O) groups excluding carboxylic acids is 1. The number of halogens is 1. The first kappa shape index (κ1) is 15.8. The van der Waals surface area contributed by atoms with Gasteiger partial charge in [0.05, 0.1) is 0 Å². The highest BCUT2D eigenvalue weighted by Gasteiger charge is 2.48. The molecule has 6 heteroatoms. The molecule has 5 nitrogen and oxygen atoms in total. The van der Waals surface area contributed by atoms with Crippen LogP contribution < -0.4 is 0 Å².